The number of nitrogens with one attached hydrogen (secondary N) is 1. The van der Waals surface area contributed by atoms with Gasteiger partial charge in [0.25, 0.3) is 0 Å². The highest BCUT2D eigenvalue weighted by atomic mass is 16.5. The smallest absolute Gasteiger partial charge is 0.0635 e. The van der Waals surface area contributed by atoms with Crippen LogP contribution in [-0.2, 0) is 4.74 Å². The van der Waals surface area contributed by atoms with Crippen LogP contribution in [0.2, 0.25) is 0 Å². The predicted octanol–water partition coefficient (Wildman–Crippen LogP) is 1.63. The van der Waals surface area contributed by atoms with E-state index in [-0.39, 0.29) is 0 Å². The minimum Gasteiger partial charge on any atom is -0.378 e. The van der Waals surface area contributed by atoms with Gasteiger partial charge in [0.2, 0.25) is 0 Å². The van der Waals surface area contributed by atoms with Gasteiger partial charge >= 0.3 is 0 Å². The number of nitrogens with zero attached hydrogens (tertiary/aromatic N) is 1. The summed E-state index contributed by atoms with van der Waals surface area (Å²) in [5, 5.41) is 3.65. The molecule has 1 N–H and O–H groups in total. The van der Waals surface area contributed by atoms with E-state index in [9.17, 15) is 0 Å². The molecule has 3 fully saturated rings. The maximum absolute atomic E-state index is 5.63. The molecular formula is C14H26N2O. The van der Waals surface area contributed by atoms with Gasteiger partial charge in [-0.3, -0.25) is 4.90 Å². The third-order valence-corrected chi connectivity index (χ3v) is 5.21. The molecule has 0 radical (unpaired) electrons. The monoisotopic (exact) mass is 238 g/mol. The van der Waals surface area contributed by atoms with Crippen LogP contribution in [0.25, 0.3) is 0 Å². The van der Waals surface area contributed by atoms with Crippen LogP contribution >= 0.6 is 0 Å². The SMILES string of the molecule is CC1(C)CCC2(CC1)CNCC1COCCN12. The van der Waals surface area contributed by atoms with Crippen LogP contribution in [0.3, 0.4) is 0 Å². The third kappa shape index (κ3) is 2.13. The van der Waals surface area contributed by atoms with Crippen molar-refractivity contribution in [1.82, 2.24) is 10.2 Å². The third-order valence-electron chi connectivity index (χ3n) is 5.21. The van der Waals surface area contributed by atoms with Gasteiger partial charge in [-0.1, -0.05) is 13.8 Å². The second kappa shape index (κ2) is 4.22. The molecule has 2 aliphatic heterocycles. The molecule has 0 aromatic heterocycles. The van der Waals surface area contributed by atoms with Crippen LogP contribution in [0.4, 0.5) is 0 Å². The first-order valence-corrected chi connectivity index (χ1v) is 7.17. The van der Waals surface area contributed by atoms with E-state index < -0.39 is 0 Å². The Labute approximate surface area is 105 Å². The minimum atomic E-state index is 0.447. The molecule has 0 aromatic rings. The zero-order valence-electron chi connectivity index (χ0n) is 11.3. The summed E-state index contributed by atoms with van der Waals surface area (Å²) in [6.45, 7) is 10.2. The van der Waals surface area contributed by atoms with Gasteiger partial charge in [-0.25, -0.2) is 0 Å². The number of hydrogen-bond donors (Lipinski definition) is 1. The van der Waals surface area contributed by atoms with Crippen LogP contribution in [-0.4, -0.2) is 49.3 Å². The van der Waals surface area contributed by atoms with E-state index >= 15 is 0 Å². The lowest BCUT2D eigenvalue weighted by atomic mass is 9.67. The quantitative estimate of drug-likeness (QED) is 0.694. The Hall–Kier alpha value is -0.120. The normalized spacial score (nSPS) is 36.7. The molecule has 1 atom stereocenters. The maximum Gasteiger partial charge on any atom is 0.0635 e. The number of rotatable bonds is 0. The van der Waals surface area contributed by atoms with Crippen molar-refractivity contribution in [3.05, 3.63) is 0 Å². The highest BCUT2D eigenvalue weighted by Gasteiger charge is 2.47. The van der Waals surface area contributed by atoms with Crippen molar-refractivity contribution < 1.29 is 4.74 Å². The van der Waals surface area contributed by atoms with E-state index in [2.05, 4.69) is 24.1 Å². The predicted molar refractivity (Wildman–Crippen MR) is 69.2 cm³/mol. The van der Waals surface area contributed by atoms with Crippen LogP contribution in [0.5, 0.6) is 0 Å². The van der Waals surface area contributed by atoms with Crippen LogP contribution < -0.4 is 5.32 Å². The van der Waals surface area contributed by atoms with Crippen molar-refractivity contribution in [2.24, 2.45) is 5.41 Å². The van der Waals surface area contributed by atoms with E-state index in [0.717, 1.165) is 26.3 Å². The molecule has 3 rings (SSSR count). The van der Waals surface area contributed by atoms with Crippen LogP contribution in [0.15, 0.2) is 0 Å². The van der Waals surface area contributed by atoms with E-state index in [1.807, 2.05) is 0 Å². The molecule has 3 aliphatic rings. The molecule has 1 aliphatic carbocycles. The van der Waals surface area contributed by atoms with Gasteiger partial charge in [0.15, 0.2) is 0 Å². The topological polar surface area (TPSA) is 24.5 Å². The van der Waals surface area contributed by atoms with Gasteiger partial charge in [-0.2, -0.15) is 0 Å². The molecule has 17 heavy (non-hydrogen) atoms. The van der Waals surface area contributed by atoms with E-state index in [0.29, 0.717) is 17.0 Å². The fourth-order valence-electron chi connectivity index (χ4n) is 3.88. The second-order valence-electron chi connectivity index (χ2n) is 6.94. The molecular weight excluding hydrogens is 212 g/mol. The molecule has 0 aromatic carbocycles. The van der Waals surface area contributed by atoms with Gasteiger partial charge in [-0.05, 0) is 31.1 Å². The molecule has 0 bridgehead atoms. The van der Waals surface area contributed by atoms with Gasteiger partial charge < -0.3 is 10.1 Å². The molecule has 98 valence electrons. The van der Waals surface area contributed by atoms with Gasteiger partial charge in [0, 0.05) is 31.2 Å². The Bertz CT molecular complexity index is 278. The van der Waals surface area contributed by atoms with Crippen molar-refractivity contribution >= 4 is 0 Å². The fraction of sp³-hybridized carbons (Fsp3) is 1.00. The Kier molecular flexibility index (Phi) is 2.96. The van der Waals surface area contributed by atoms with Gasteiger partial charge in [-0.15, -0.1) is 0 Å². The van der Waals surface area contributed by atoms with Crippen molar-refractivity contribution in [2.45, 2.75) is 51.1 Å². The molecule has 3 heteroatoms. The lowest BCUT2D eigenvalue weighted by molar-refractivity contribution is -0.102. The zero-order chi connectivity index (χ0) is 11.9. The summed E-state index contributed by atoms with van der Waals surface area (Å²) < 4.78 is 5.63. The molecule has 1 spiro atoms. The van der Waals surface area contributed by atoms with Gasteiger partial charge in [0.1, 0.15) is 0 Å². The lowest BCUT2D eigenvalue weighted by Crippen LogP contribution is -2.69. The van der Waals surface area contributed by atoms with Crippen LogP contribution in [0, 0.1) is 5.41 Å². The largest absolute Gasteiger partial charge is 0.378 e. The van der Waals surface area contributed by atoms with E-state index in [1.165, 1.54) is 32.2 Å². The average molecular weight is 238 g/mol. The fourth-order valence-corrected chi connectivity index (χ4v) is 3.88. The number of ether oxygens (including phenoxy) is 1. The number of morpholine rings is 1. The summed E-state index contributed by atoms with van der Waals surface area (Å²) in [4.78, 5) is 2.78. The lowest BCUT2D eigenvalue weighted by Gasteiger charge is -2.57. The molecule has 1 unspecified atom stereocenters. The highest BCUT2D eigenvalue weighted by Crippen LogP contribution is 2.44. The Morgan fingerprint density at radius 3 is 2.71 bits per heavy atom. The van der Waals surface area contributed by atoms with Crippen LogP contribution in [0.1, 0.15) is 39.5 Å². The Morgan fingerprint density at radius 2 is 1.94 bits per heavy atom. The summed E-state index contributed by atoms with van der Waals surface area (Å²) in [5.74, 6) is 0. The molecule has 2 heterocycles. The molecule has 1 saturated carbocycles. The Balaban J connectivity index is 1.76. The molecule has 2 saturated heterocycles. The second-order valence-corrected chi connectivity index (χ2v) is 6.94. The van der Waals surface area contributed by atoms with Crippen molar-refractivity contribution in [1.29, 1.82) is 0 Å². The Morgan fingerprint density at radius 1 is 1.18 bits per heavy atom. The highest BCUT2D eigenvalue weighted by molar-refractivity contribution is 5.04. The number of fused-ring (bicyclic) bond motifs is 2. The standard InChI is InChI=1S/C14H26N2O/c1-13(2)3-5-14(6-4-13)11-15-9-12-10-17-8-7-16(12)14/h12,15H,3-11H2,1-2H3. The first-order valence-electron chi connectivity index (χ1n) is 7.17. The first kappa shape index (κ1) is 11.9. The molecule has 3 nitrogen and oxygen atoms in total. The van der Waals surface area contributed by atoms with Crippen molar-refractivity contribution in [3.63, 3.8) is 0 Å². The van der Waals surface area contributed by atoms with Gasteiger partial charge in [0.05, 0.1) is 13.2 Å². The first-order chi connectivity index (χ1) is 8.11. The number of piperazine rings is 1. The number of hydrogen-bond acceptors (Lipinski definition) is 3. The minimum absolute atomic E-state index is 0.447. The molecule has 0 amide bonds. The van der Waals surface area contributed by atoms with E-state index in [4.69, 9.17) is 4.74 Å². The summed E-state index contributed by atoms with van der Waals surface area (Å²) in [6.07, 6.45) is 5.48. The van der Waals surface area contributed by atoms with E-state index in [1.54, 1.807) is 0 Å². The maximum atomic E-state index is 5.63. The summed E-state index contributed by atoms with van der Waals surface area (Å²) >= 11 is 0. The average Bonchev–Trinajstić information content (AvgIpc) is 2.34. The summed E-state index contributed by atoms with van der Waals surface area (Å²) in [5.41, 5.74) is 1.01. The van der Waals surface area contributed by atoms with Crippen molar-refractivity contribution in [3.8, 4) is 0 Å². The zero-order valence-corrected chi connectivity index (χ0v) is 11.3. The summed E-state index contributed by atoms with van der Waals surface area (Å²) in [7, 11) is 0. The van der Waals surface area contributed by atoms with Crippen molar-refractivity contribution in [2.75, 3.05) is 32.8 Å². The summed E-state index contributed by atoms with van der Waals surface area (Å²) in [6, 6.07) is 0.624.